The number of rotatable bonds is 1. The van der Waals surface area contributed by atoms with Gasteiger partial charge in [0.1, 0.15) is 0 Å². The Balaban J connectivity index is 2.62. The SMILES string of the molecule is CCc1c(C)c(S)cc2c(=O)c3ccccc3sc12. The summed E-state index contributed by atoms with van der Waals surface area (Å²) in [4.78, 5) is 13.5. The molecule has 0 fully saturated rings. The van der Waals surface area contributed by atoms with Gasteiger partial charge in [0.2, 0.25) is 0 Å². The van der Waals surface area contributed by atoms with Gasteiger partial charge in [-0.05, 0) is 42.7 Å². The molecule has 0 radical (unpaired) electrons. The van der Waals surface area contributed by atoms with Crippen molar-refractivity contribution < 1.29 is 0 Å². The van der Waals surface area contributed by atoms with E-state index in [0.717, 1.165) is 31.5 Å². The summed E-state index contributed by atoms with van der Waals surface area (Å²) in [7, 11) is 0. The Morgan fingerprint density at radius 3 is 2.68 bits per heavy atom. The van der Waals surface area contributed by atoms with Crippen LogP contribution in [0.3, 0.4) is 0 Å². The van der Waals surface area contributed by atoms with E-state index in [9.17, 15) is 4.79 Å². The number of hydrogen-bond acceptors (Lipinski definition) is 3. The predicted molar refractivity (Wildman–Crippen MR) is 87.0 cm³/mol. The van der Waals surface area contributed by atoms with E-state index < -0.39 is 0 Å². The monoisotopic (exact) mass is 286 g/mol. The van der Waals surface area contributed by atoms with Crippen molar-refractivity contribution in [3.05, 3.63) is 51.7 Å². The minimum absolute atomic E-state index is 0.120. The Labute approximate surface area is 121 Å². The van der Waals surface area contributed by atoms with Gasteiger partial charge in [-0.1, -0.05) is 19.1 Å². The number of fused-ring (bicyclic) bond motifs is 2. The fourth-order valence-electron chi connectivity index (χ4n) is 2.51. The molecule has 0 saturated carbocycles. The van der Waals surface area contributed by atoms with Gasteiger partial charge in [0, 0.05) is 25.1 Å². The summed E-state index contributed by atoms with van der Waals surface area (Å²) in [5.41, 5.74) is 2.55. The van der Waals surface area contributed by atoms with Crippen LogP contribution in [0.15, 0.2) is 40.0 Å². The lowest BCUT2D eigenvalue weighted by atomic mass is 10.0. The molecule has 3 rings (SSSR count). The molecule has 96 valence electrons. The molecule has 0 aliphatic carbocycles. The summed E-state index contributed by atoms with van der Waals surface area (Å²) in [5.74, 6) is 0. The predicted octanol–water partition coefficient (Wildman–Crippen LogP) is 4.57. The van der Waals surface area contributed by atoms with Crippen LogP contribution in [0.2, 0.25) is 0 Å². The number of hydrogen-bond donors (Lipinski definition) is 1. The minimum atomic E-state index is 0.120. The zero-order valence-corrected chi connectivity index (χ0v) is 12.6. The van der Waals surface area contributed by atoms with Crippen LogP contribution >= 0.6 is 24.0 Å². The third kappa shape index (κ3) is 1.88. The Hall–Kier alpha value is -1.32. The van der Waals surface area contributed by atoms with Crippen molar-refractivity contribution >= 4 is 44.1 Å². The van der Waals surface area contributed by atoms with E-state index in [-0.39, 0.29) is 5.43 Å². The lowest BCUT2D eigenvalue weighted by Crippen LogP contribution is -2.03. The highest BCUT2D eigenvalue weighted by molar-refractivity contribution is 7.80. The highest BCUT2D eigenvalue weighted by Gasteiger charge is 2.12. The molecule has 0 spiro atoms. The topological polar surface area (TPSA) is 17.1 Å². The van der Waals surface area contributed by atoms with Gasteiger partial charge < -0.3 is 0 Å². The number of aryl methyl sites for hydroxylation is 1. The zero-order chi connectivity index (χ0) is 13.6. The Kier molecular flexibility index (Phi) is 3.11. The Morgan fingerprint density at radius 1 is 1.21 bits per heavy atom. The van der Waals surface area contributed by atoms with Crippen LogP contribution in [-0.4, -0.2) is 0 Å². The van der Waals surface area contributed by atoms with Crippen molar-refractivity contribution in [3.63, 3.8) is 0 Å². The van der Waals surface area contributed by atoms with Gasteiger partial charge in [-0.3, -0.25) is 4.79 Å². The molecule has 0 unspecified atom stereocenters. The van der Waals surface area contributed by atoms with Crippen molar-refractivity contribution in [1.29, 1.82) is 0 Å². The molecule has 0 bridgehead atoms. The van der Waals surface area contributed by atoms with Crippen LogP contribution in [-0.2, 0) is 6.42 Å². The van der Waals surface area contributed by atoms with Crippen molar-refractivity contribution in [2.45, 2.75) is 25.2 Å². The molecule has 0 aliphatic rings. The van der Waals surface area contributed by atoms with Crippen molar-refractivity contribution in [2.75, 3.05) is 0 Å². The Bertz CT molecular complexity index is 847. The average Bonchev–Trinajstić information content (AvgIpc) is 2.42. The summed E-state index contributed by atoms with van der Waals surface area (Å²) >= 11 is 6.21. The quantitative estimate of drug-likeness (QED) is 0.512. The lowest BCUT2D eigenvalue weighted by Gasteiger charge is -2.11. The van der Waals surface area contributed by atoms with Crippen LogP contribution in [0.5, 0.6) is 0 Å². The standard InChI is InChI=1S/C16H14OS2/c1-3-10-9(2)13(18)8-12-15(17)11-6-4-5-7-14(11)19-16(10)12/h4-8,18H,3H2,1-2H3. The molecule has 1 nitrogen and oxygen atoms in total. The largest absolute Gasteiger partial charge is 0.289 e. The molecule has 19 heavy (non-hydrogen) atoms. The van der Waals surface area contributed by atoms with Crippen LogP contribution in [0.4, 0.5) is 0 Å². The molecular formula is C16H14OS2. The summed E-state index contributed by atoms with van der Waals surface area (Å²) in [6, 6.07) is 9.73. The van der Waals surface area contributed by atoms with E-state index >= 15 is 0 Å². The molecule has 0 amide bonds. The van der Waals surface area contributed by atoms with E-state index in [0.29, 0.717) is 0 Å². The summed E-state index contributed by atoms with van der Waals surface area (Å²) in [5, 5.41) is 1.61. The molecule has 3 heteroatoms. The van der Waals surface area contributed by atoms with Gasteiger partial charge >= 0.3 is 0 Å². The van der Waals surface area contributed by atoms with Gasteiger partial charge in [0.15, 0.2) is 5.43 Å². The summed E-state index contributed by atoms with van der Waals surface area (Å²) < 4.78 is 2.17. The lowest BCUT2D eigenvalue weighted by molar-refractivity contribution is 1.11. The van der Waals surface area contributed by atoms with Gasteiger partial charge in [-0.15, -0.1) is 24.0 Å². The van der Waals surface area contributed by atoms with Crippen LogP contribution in [0, 0.1) is 6.92 Å². The van der Waals surface area contributed by atoms with E-state index in [1.807, 2.05) is 30.3 Å². The highest BCUT2D eigenvalue weighted by atomic mass is 32.1. The van der Waals surface area contributed by atoms with Crippen molar-refractivity contribution in [1.82, 2.24) is 0 Å². The number of thiol groups is 1. The first kappa shape index (κ1) is 12.7. The molecule has 0 aliphatic heterocycles. The molecule has 1 heterocycles. The van der Waals surface area contributed by atoms with E-state index in [2.05, 4.69) is 26.5 Å². The van der Waals surface area contributed by atoms with E-state index in [1.165, 1.54) is 11.1 Å². The first-order valence-corrected chi connectivity index (χ1v) is 7.57. The van der Waals surface area contributed by atoms with Crippen LogP contribution in [0.25, 0.3) is 20.2 Å². The zero-order valence-electron chi connectivity index (χ0n) is 10.9. The smallest absolute Gasteiger partial charge is 0.195 e. The summed E-state index contributed by atoms with van der Waals surface area (Å²) in [6.45, 7) is 4.20. The van der Waals surface area contributed by atoms with Gasteiger partial charge in [0.25, 0.3) is 0 Å². The Morgan fingerprint density at radius 2 is 1.95 bits per heavy atom. The molecular weight excluding hydrogens is 272 g/mol. The maximum Gasteiger partial charge on any atom is 0.195 e. The first-order chi connectivity index (χ1) is 9.13. The molecule has 3 aromatic rings. The van der Waals surface area contributed by atoms with Gasteiger partial charge in [0.05, 0.1) is 0 Å². The number of benzene rings is 2. The fourth-order valence-corrected chi connectivity index (χ4v) is 4.09. The molecule has 0 atom stereocenters. The van der Waals surface area contributed by atoms with Gasteiger partial charge in [-0.2, -0.15) is 0 Å². The summed E-state index contributed by atoms with van der Waals surface area (Å²) in [6.07, 6.45) is 0.922. The molecule has 1 aromatic heterocycles. The normalized spacial score (nSPS) is 11.3. The average molecular weight is 286 g/mol. The van der Waals surface area contributed by atoms with Crippen molar-refractivity contribution in [2.24, 2.45) is 0 Å². The van der Waals surface area contributed by atoms with E-state index in [1.54, 1.807) is 11.3 Å². The van der Waals surface area contributed by atoms with Crippen LogP contribution in [0.1, 0.15) is 18.1 Å². The molecule has 0 saturated heterocycles. The maximum atomic E-state index is 12.6. The maximum absolute atomic E-state index is 12.6. The van der Waals surface area contributed by atoms with Gasteiger partial charge in [-0.25, -0.2) is 0 Å². The third-order valence-corrected chi connectivity index (χ3v) is 5.29. The molecule has 2 aromatic carbocycles. The first-order valence-electron chi connectivity index (χ1n) is 6.30. The highest BCUT2D eigenvalue weighted by Crippen LogP contribution is 2.32. The fraction of sp³-hybridized carbons (Fsp3) is 0.188. The van der Waals surface area contributed by atoms with Crippen molar-refractivity contribution in [3.8, 4) is 0 Å². The minimum Gasteiger partial charge on any atom is -0.289 e. The molecule has 0 N–H and O–H groups in total. The second-order valence-electron chi connectivity index (χ2n) is 4.66. The second-order valence-corrected chi connectivity index (χ2v) is 6.19. The second kappa shape index (κ2) is 4.66. The van der Waals surface area contributed by atoms with Crippen LogP contribution < -0.4 is 5.43 Å². The van der Waals surface area contributed by atoms with E-state index in [4.69, 9.17) is 0 Å². The third-order valence-electron chi connectivity index (χ3n) is 3.58.